The average molecular weight is 394 g/mol. The molecule has 2 aromatic carbocycles. The molecule has 3 rings (SSSR count). The van der Waals surface area contributed by atoms with Crippen LogP contribution in [0, 0.1) is 5.41 Å². The van der Waals surface area contributed by atoms with Crippen LogP contribution in [0.25, 0.3) is 0 Å². The van der Waals surface area contributed by atoms with Gasteiger partial charge in [-0.05, 0) is 55.3 Å². The largest absolute Gasteiger partial charge is 0.348 e. The van der Waals surface area contributed by atoms with Gasteiger partial charge in [0.25, 0.3) is 5.91 Å². The molecule has 0 aromatic heterocycles. The van der Waals surface area contributed by atoms with Gasteiger partial charge in [0.05, 0.1) is 0 Å². The molecule has 154 valence electrons. The van der Waals surface area contributed by atoms with Crippen LogP contribution in [0.4, 0.5) is 5.69 Å². The van der Waals surface area contributed by atoms with E-state index in [1.165, 1.54) is 31.5 Å². The highest BCUT2D eigenvalue weighted by Crippen LogP contribution is 2.18. The monoisotopic (exact) mass is 393 g/mol. The van der Waals surface area contributed by atoms with E-state index in [-0.39, 0.29) is 11.8 Å². The third-order valence-electron chi connectivity index (χ3n) is 5.14. The topological polar surface area (TPSA) is 61.4 Å². The number of carbonyl (C=O) groups is 2. The molecule has 1 aliphatic rings. The van der Waals surface area contributed by atoms with Gasteiger partial charge in [-0.3, -0.25) is 14.5 Å². The number of likely N-dealkylation sites (tertiary alicyclic amines) is 1. The second-order valence-electron chi connectivity index (χ2n) is 8.77. The third-order valence-corrected chi connectivity index (χ3v) is 5.14. The van der Waals surface area contributed by atoms with Crippen molar-refractivity contribution in [3.63, 3.8) is 0 Å². The van der Waals surface area contributed by atoms with E-state index < -0.39 is 5.41 Å². The molecule has 5 heteroatoms. The number of anilines is 1. The summed E-state index contributed by atoms with van der Waals surface area (Å²) in [6.07, 6.45) is 2.59. The molecule has 0 unspecified atom stereocenters. The van der Waals surface area contributed by atoms with Gasteiger partial charge in [0.2, 0.25) is 5.91 Å². The van der Waals surface area contributed by atoms with Crippen molar-refractivity contribution in [2.24, 2.45) is 5.41 Å². The Bertz CT molecular complexity index is 847. The second-order valence-corrected chi connectivity index (χ2v) is 8.77. The molecule has 1 aliphatic heterocycles. The molecule has 1 fully saturated rings. The number of nitrogens with zero attached hydrogens (tertiary/aromatic N) is 1. The van der Waals surface area contributed by atoms with Crippen LogP contribution < -0.4 is 10.6 Å². The van der Waals surface area contributed by atoms with Gasteiger partial charge in [0.1, 0.15) is 0 Å². The van der Waals surface area contributed by atoms with Crippen LogP contribution in [-0.2, 0) is 17.9 Å². The first-order valence-corrected chi connectivity index (χ1v) is 10.3. The maximum Gasteiger partial charge on any atom is 0.251 e. The molecule has 0 saturated carbocycles. The van der Waals surface area contributed by atoms with E-state index in [9.17, 15) is 9.59 Å². The molecular formula is C24H31N3O2. The first kappa shape index (κ1) is 21.1. The Hall–Kier alpha value is -2.66. The summed E-state index contributed by atoms with van der Waals surface area (Å²) in [5.74, 6) is -0.234. The fourth-order valence-electron chi connectivity index (χ4n) is 3.30. The standard InChI is InChI=1S/C24H31N3O2/c1-24(2,3)23(29)26-21-8-6-7-20(15-21)22(28)25-16-18-9-11-19(12-10-18)17-27-13-4-5-14-27/h6-12,15H,4-5,13-14,16-17H2,1-3H3,(H,25,28)(H,26,29). The molecule has 0 atom stereocenters. The van der Waals surface area contributed by atoms with Crippen LogP contribution in [0.1, 0.15) is 55.1 Å². The molecule has 29 heavy (non-hydrogen) atoms. The Morgan fingerprint density at radius 1 is 0.966 bits per heavy atom. The summed E-state index contributed by atoms with van der Waals surface area (Å²) in [4.78, 5) is 27.1. The minimum Gasteiger partial charge on any atom is -0.348 e. The van der Waals surface area contributed by atoms with Crippen LogP contribution in [0.5, 0.6) is 0 Å². The number of hydrogen-bond donors (Lipinski definition) is 2. The lowest BCUT2D eigenvalue weighted by Crippen LogP contribution is -2.28. The SMILES string of the molecule is CC(C)(C)C(=O)Nc1cccc(C(=O)NCc2ccc(CN3CCCC3)cc2)c1. The lowest BCUT2D eigenvalue weighted by molar-refractivity contribution is -0.123. The maximum absolute atomic E-state index is 12.5. The fourth-order valence-corrected chi connectivity index (χ4v) is 3.30. The van der Waals surface area contributed by atoms with E-state index in [0.717, 1.165) is 12.1 Å². The van der Waals surface area contributed by atoms with E-state index in [1.54, 1.807) is 24.3 Å². The van der Waals surface area contributed by atoms with Gasteiger partial charge in [0.15, 0.2) is 0 Å². The fraction of sp³-hybridized carbons (Fsp3) is 0.417. The summed E-state index contributed by atoms with van der Waals surface area (Å²) in [6, 6.07) is 15.5. The van der Waals surface area contributed by atoms with Crippen molar-refractivity contribution >= 4 is 17.5 Å². The average Bonchev–Trinajstić information content (AvgIpc) is 3.20. The Morgan fingerprint density at radius 3 is 2.28 bits per heavy atom. The first-order chi connectivity index (χ1) is 13.8. The lowest BCUT2D eigenvalue weighted by atomic mass is 9.95. The van der Waals surface area contributed by atoms with Crippen LogP contribution in [0.2, 0.25) is 0 Å². The zero-order valence-electron chi connectivity index (χ0n) is 17.6. The molecule has 0 spiro atoms. The molecular weight excluding hydrogens is 362 g/mol. The Morgan fingerprint density at radius 2 is 1.62 bits per heavy atom. The van der Waals surface area contributed by atoms with Gasteiger partial charge in [0, 0.05) is 29.8 Å². The van der Waals surface area contributed by atoms with Crippen molar-refractivity contribution in [3.05, 3.63) is 65.2 Å². The van der Waals surface area contributed by atoms with Crippen molar-refractivity contribution in [1.29, 1.82) is 0 Å². The summed E-state index contributed by atoms with van der Waals surface area (Å²) in [5, 5.41) is 5.82. The molecule has 2 N–H and O–H groups in total. The predicted molar refractivity (Wildman–Crippen MR) is 117 cm³/mol. The van der Waals surface area contributed by atoms with E-state index in [4.69, 9.17) is 0 Å². The van der Waals surface area contributed by atoms with Gasteiger partial charge in [-0.1, -0.05) is 51.1 Å². The van der Waals surface area contributed by atoms with Gasteiger partial charge in [-0.25, -0.2) is 0 Å². The second kappa shape index (κ2) is 9.23. The number of rotatable bonds is 6. The van der Waals surface area contributed by atoms with E-state index in [0.29, 0.717) is 17.8 Å². The normalized spacial score (nSPS) is 14.6. The van der Waals surface area contributed by atoms with Crippen molar-refractivity contribution < 1.29 is 9.59 Å². The van der Waals surface area contributed by atoms with Gasteiger partial charge in [-0.2, -0.15) is 0 Å². The van der Waals surface area contributed by atoms with Crippen LogP contribution in [0.3, 0.4) is 0 Å². The summed E-state index contributed by atoms with van der Waals surface area (Å²) < 4.78 is 0. The summed E-state index contributed by atoms with van der Waals surface area (Å²) in [6.45, 7) is 9.42. The van der Waals surface area contributed by atoms with Crippen molar-refractivity contribution in [2.45, 2.75) is 46.7 Å². The Labute approximate surface area is 173 Å². The molecule has 2 amide bonds. The zero-order chi connectivity index (χ0) is 20.9. The summed E-state index contributed by atoms with van der Waals surface area (Å²) >= 11 is 0. The van der Waals surface area contributed by atoms with Crippen LogP contribution in [-0.4, -0.2) is 29.8 Å². The lowest BCUT2D eigenvalue weighted by Gasteiger charge is -2.18. The van der Waals surface area contributed by atoms with E-state index >= 15 is 0 Å². The first-order valence-electron chi connectivity index (χ1n) is 10.3. The summed E-state index contributed by atoms with van der Waals surface area (Å²) in [7, 11) is 0. The molecule has 0 bridgehead atoms. The molecule has 0 radical (unpaired) electrons. The van der Waals surface area contributed by atoms with Gasteiger partial charge < -0.3 is 10.6 Å². The molecule has 2 aromatic rings. The van der Waals surface area contributed by atoms with E-state index in [1.807, 2.05) is 20.8 Å². The van der Waals surface area contributed by atoms with Crippen LogP contribution >= 0.6 is 0 Å². The van der Waals surface area contributed by atoms with Crippen LogP contribution in [0.15, 0.2) is 48.5 Å². The third kappa shape index (κ3) is 6.16. The number of benzene rings is 2. The highest BCUT2D eigenvalue weighted by atomic mass is 16.2. The molecule has 1 heterocycles. The van der Waals surface area contributed by atoms with E-state index in [2.05, 4.69) is 39.8 Å². The van der Waals surface area contributed by atoms with Gasteiger partial charge >= 0.3 is 0 Å². The maximum atomic E-state index is 12.5. The smallest absolute Gasteiger partial charge is 0.251 e. The van der Waals surface area contributed by atoms with Crippen molar-refractivity contribution in [2.75, 3.05) is 18.4 Å². The number of nitrogens with one attached hydrogen (secondary N) is 2. The minimum atomic E-state index is -0.487. The number of carbonyl (C=O) groups excluding carboxylic acids is 2. The van der Waals surface area contributed by atoms with Crippen molar-refractivity contribution in [1.82, 2.24) is 10.2 Å². The summed E-state index contributed by atoms with van der Waals surface area (Å²) in [5.41, 5.74) is 3.05. The van der Waals surface area contributed by atoms with Crippen molar-refractivity contribution in [3.8, 4) is 0 Å². The number of hydrogen-bond acceptors (Lipinski definition) is 3. The predicted octanol–water partition coefficient (Wildman–Crippen LogP) is 4.20. The van der Waals surface area contributed by atoms with Gasteiger partial charge in [-0.15, -0.1) is 0 Å². The highest BCUT2D eigenvalue weighted by molar-refractivity contribution is 5.98. The zero-order valence-corrected chi connectivity index (χ0v) is 17.6. The molecule has 1 saturated heterocycles. The molecule has 5 nitrogen and oxygen atoms in total. The quantitative estimate of drug-likeness (QED) is 0.773. The number of amides is 2. The Kier molecular flexibility index (Phi) is 6.70. The highest BCUT2D eigenvalue weighted by Gasteiger charge is 2.21. The minimum absolute atomic E-state index is 0.0796. The molecule has 0 aliphatic carbocycles. The Balaban J connectivity index is 1.53.